The van der Waals surface area contributed by atoms with Crippen molar-refractivity contribution in [2.24, 2.45) is 11.7 Å². The smallest absolute Gasteiger partial charge is 0.240 e. The van der Waals surface area contributed by atoms with Crippen molar-refractivity contribution < 1.29 is 9.59 Å². The van der Waals surface area contributed by atoms with Gasteiger partial charge in [-0.05, 0) is 35.1 Å². The molecular weight excluding hydrogens is 324 g/mol. The number of primary amides is 1. The van der Waals surface area contributed by atoms with Gasteiger partial charge in [0.2, 0.25) is 11.8 Å². The predicted molar refractivity (Wildman–Crippen MR) is 101 cm³/mol. The van der Waals surface area contributed by atoms with Gasteiger partial charge in [0.05, 0.1) is 0 Å². The molecule has 0 radical (unpaired) electrons. The summed E-state index contributed by atoms with van der Waals surface area (Å²) < 4.78 is 0. The molecule has 2 aromatic rings. The molecule has 0 aromatic heterocycles. The summed E-state index contributed by atoms with van der Waals surface area (Å²) in [5.41, 5.74) is 10.1. The van der Waals surface area contributed by atoms with Crippen molar-refractivity contribution in [1.82, 2.24) is 5.32 Å². The minimum absolute atomic E-state index is 0.00232. The van der Waals surface area contributed by atoms with E-state index in [1.807, 2.05) is 36.4 Å². The van der Waals surface area contributed by atoms with E-state index in [1.54, 1.807) is 0 Å². The van der Waals surface area contributed by atoms with Crippen molar-refractivity contribution in [2.45, 2.75) is 44.1 Å². The van der Waals surface area contributed by atoms with Crippen molar-refractivity contribution in [3.8, 4) is 11.1 Å². The Labute approximate surface area is 153 Å². The molecule has 4 rings (SSSR count). The summed E-state index contributed by atoms with van der Waals surface area (Å²) in [5, 5.41) is 3.00. The van der Waals surface area contributed by atoms with Crippen molar-refractivity contribution in [2.75, 3.05) is 0 Å². The van der Waals surface area contributed by atoms with Gasteiger partial charge in [-0.1, -0.05) is 67.8 Å². The fraction of sp³-hybridized carbons (Fsp3) is 0.364. The minimum atomic E-state index is -0.728. The lowest BCUT2D eigenvalue weighted by molar-refractivity contribution is -0.130. The van der Waals surface area contributed by atoms with E-state index in [0.717, 1.165) is 47.9 Å². The van der Waals surface area contributed by atoms with E-state index in [1.165, 1.54) is 6.42 Å². The number of benzene rings is 2. The normalized spacial score (nSPS) is 18.0. The van der Waals surface area contributed by atoms with Crippen LogP contribution in [0.4, 0.5) is 0 Å². The van der Waals surface area contributed by atoms with E-state index in [4.69, 9.17) is 5.73 Å². The van der Waals surface area contributed by atoms with Crippen LogP contribution in [0.1, 0.15) is 49.1 Å². The van der Waals surface area contributed by atoms with Crippen LogP contribution in [0.25, 0.3) is 11.1 Å². The average molecular weight is 348 g/mol. The molecule has 134 valence electrons. The molecule has 26 heavy (non-hydrogen) atoms. The molecule has 2 aromatic carbocycles. The molecule has 0 spiro atoms. The topological polar surface area (TPSA) is 72.2 Å². The number of fused-ring (bicyclic) bond motifs is 3. The Morgan fingerprint density at radius 3 is 1.96 bits per heavy atom. The first kappa shape index (κ1) is 16.8. The van der Waals surface area contributed by atoms with Crippen LogP contribution < -0.4 is 11.1 Å². The molecule has 0 saturated heterocycles. The van der Waals surface area contributed by atoms with E-state index < -0.39 is 11.9 Å². The molecule has 1 saturated carbocycles. The second-order valence-electron chi connectivity index (χ2n) is 7.38. The second-order valence-corrected chi connectivity index (χ2v) is 7.38. The third-order valence-corrected chi connectivity index (χ3v) is 5.80. The Morgan fingerprint density at radius 2 is 1.42 bits per heavy atom. The van der Waals surface area contributed by atoms with Crippen molar-refractivity contribution >= 4 is 11.8 Å². The molecule has 2 amide bonds. The maximum absolute atomic E-state index is 12.8. The van der Waals surface area contributed by atoms with E-state index in [9.17, 15) is 9.59 Å². The van der Waals surface area contributed by atoms with E-state index in [0.29, 0.717) is 0 Å². The molecule has 2 aliphatic rings. The number of hydrogen-bond donors (Lipinski definition) is 2. The Hall–Kier alpha value is -2.62. The molecule has 4 nitrogen and oxygen atoms in total. The first-order chi connectivity index (χ1) is 12.7. The number of nitrogens with one attached hydrogen (secondary N) is 1. The SMILES string of the molecule is NC(=O)[C@H](NC(=O)C1CCCCC1)C1c2ccccc2-c2ccccc21. The van der Waals surface area contributed by atoms with Crippen LogP contribution in [0.15, 0.2) is 48.5 Å². The first-order valence-electron chi connectivity index (χ1n) is 9.44. The molecular formula is C22H24N2O2. The van der Waals surface area contributed by atoms with Crippen LogP contribution in [-0.4, -0.2) is 17.9 Å². The van der Waals surface area contributed by atoms with Crippen molar-refractivity contribution in [3.63, 3.8) is 0 Å². The van der Waals surface area contributed by atoms with Gasteiger partial charge in [0.15, 0.2) is 0 Å². The summed E-state index contributed by atoms with van der Waals surface area (Å²) in [6.45, 7) is 0. The van der Waals surface area contributed by atoms with Gasteiger partial charge in [-0.25, -0.2) is 0 Å². The van der Waals surface area contributed by atoms with Crippen LogP contribution in [-0.2, 0) is 9.59 Å². The summed E-state index contributed by atoms with van der Waals surface area (Å²) in [6, 6.07) is 15.4. The Bertz CT molecular complexity index is 794. The van der Waals surface area contributed by atoms with Crippen LogP contribution >= 0.6 is 0 Å². The number of amides is 2. The number of nitrogens with two attached hydrogens (primary N) is 1. The summed E-state index contributed by atoms with van der Waals surface area (Å²) in [4.78, 5) is 25.1. The summed E-state index contributed by atoms with van der Waals surface area (Å²) >= 11 is 0. The van der Waals surface area contributed by atoms with Crippen LogP contribution in [0.2, 0.25) is 0 Å². The maximum atomic E-state index is 12.8. The van der Waals surface area contributed by atoms with E-state index in [2.05, 4.69) is 17.4 Å². The van der Waals surface area contributed by atoms with Crippen molar-refractivity contribution in [1.29, 1.82) is 0 Å². The molecule has 0 heterocycles. The monoisotopic (exact) mass is 348 g/mol. The maximum Gasteiger partial charge on any atom is 0.240 e. The Kier molecular flexibility index (Phi) is 4.49. The Morgan fingerprint density at radius 1 is 0.885 bits per heavy atom. The average Bonchev–Trinajstić information content (AvgIpc) is 3.01. The second kappa shape index (κ2) is 6.94. The quantitative estimate of drug-likeness (QED) is 0.889. The summed E-state index contributed by atoms with van der Waals surface area (Å²) in [7, 11) is 0. The van der Waals surface area contributed by atoms with Gasteiger partial charge < -0.3 is 11.1 Å². The van der Waals surface area contributed by atoms with Crippen LogP contribution in [0.3, 0.4) is 0 Å². The number of hydrogen-bond acceptors (Lipinski definition) is 2. The zero-order chi connectivity index (χ0) is 18.1. The molecule has 4 heteroatoms. The lowest BCUT2D eigenvalue weighted by atomic mass is 9.86. The highest BCUT2D eigenvalue weighted by Gasteiger charge is 2.38. The number of rotatable bonds is 4. The fourth-order valence-electron chi connectivity index (χ4n) is 4.51. The molecule has 1 fully saturated rings. The summed E-state index contributed by atoms with van der Waals surface area (Å²) in [6.07, 6.45) is 5.14. The Balaban J connectivity index is 1.68. The zero-order valence-electron chi connectivity index (χ0n) is 14.8. The third-order valence-electron chi connectivity index (χ3n) is 5.80. The fourth-order valence-corrected chi connectivity index (χ4v) is 4.51. The lowest BCUT2D eigenvalue weighted by Crippen LogP contribution is -2.50. The van der Waals surface area contributed by atoms with Gasteiger partial charge in [0.25, 0.3) is 0 Å². The van der Waals surface area contributed by atoms with Crippen LogP contribution in [0.5, 0.6) is 0 Å². The van der Waals surface area contributed by atoms with E-state index >= 15 is 0 Å². The molecule has 0 bridgehead atoms. The zero-order valence-corrected chi connectivity index (χ0v) is 14.8. The molecule has 0 unspecified atom stereocenters. The first-order valence-corrected chi connectivity index (χ1v) is 9.44. The highest BCUT2D eigenvalue weighted by atomic mass is 16.2. The third kappa shape index (κ3) is 2.90. The van der Waals surface area contributed by atoms with Gasteiger partial charge in [0, 0.05) is 11.8 Å². The highest BCUT2D eigenvalue weighted by Crippen LogP contribution is 2.46. The van der Waals surface area contributed by atoms with Crippen molar-refractivity contribution in [3.05, 3.63) is 59.7 Å². The standard InChI is InChI=1S/C22H24N2O2/c23-21(25)20(24-22(26)14-8-2-1-3-9-14)19-17-12-6-4-10-15(17)16-11-5-7-13-18(16)19/h4-7,10-14,19-20H,1-3,8-9H2,(H2,23,25)(H,24,26)/t20-/m1/s1. The number of carbonyl (C=O) groups excluding carboxylic acids is 2. The minimum Gasteiger partial charge on any atom is -0.368 e. The largest absolute Gasteiger partial charge is 0.368 e. The number of carbonyl (C=O) groups is 2. The lowest BCUT2D eigenvalue weighted by Gasteiger charge is -2.27. The summed E-state index contributed by atoms with van der Waals surface area (Å²) in [5.74, 6) is -0.744. The molecule has 1 atom stereocenters. The van der Waals surface area contributed by atoms with Gasteiger partial charge in [-0.3, -0.25) is 9.59 Å². The predicted octanol–water partition coefficient (Wildman–Crippen LogP) is 3.35. The molecule has 3 N–H and O–H groups in total. The van der Waals surface area contributed by atoms with Gasteiger partial charge >= 0.3 is 0 Å². The van der Waals surface area contributed by atoms with E-state index in [-0.39, 0.29) is 17.7 Å². The van der Waals surface area contributed by atoms with Gasteiger partial charge in [-0.2, -0.15) is 0 Å². The molecule has 0 aliphatic heterocycles. The van der Waals surface area contributed by atoms with Gasteiger partial charge in [-0.15, -0.1) is 0 Å². The highest BCUT2D eigenvalue weighted by molar-refractivity contribution is 5.91. The molecule has 2 aliphatic carbocycles. The van der Waals surface area contributed by atoms with Crippen LogP contribution in [0, 0.1) is 5.92 Å². The van der Waals surface area contributed by atoms with Gasteiger partial charge in [0.1, 0.15) is 6.04 Å².